The summed E-state index contributed by atoms with van der Waals surface area (Å²) in [5.74, 6) is 0.117. The summed E-state index contributed by atoms with van der Waals surface area (Å²) in [6.45, 7) is 4.01. The Morgan fingerprint density at radius 3 is 2.54 bits per heavy atom. The third-order valence-corrected chi connectivity index (χ3v) is 7.13. The smallest absolute Gasteiger partial charge is 0.288 e. The van der Waals surface area contributed by atoms with E-state index in [9.17, 15) is 8.78 Å². The van der Waals surface area contributed by atoms with Crippen LogP contribution in [-0.2, 0) is 19.5 Å². The van der Waals surface area contributed by atoms with Gasteiger partial charge in [0.2, 0.25) is 5.88 Å². The van der Waals surface area contributed by atoms with Gasteiger partial charge in [-0.1, -0.05) is 24.3 Å². The third-order valence-electron chi connectivity index (χ3n) is 7.13. The molecule has 0 radical (unpaired) electrons. The number of halogens is 2. The van der Waals surface area contributed by atoms with Gasteiger partial charge in [-0.05, 0) is 25.3 Å². The minimum absolute atomic E-state index is 0.0561. The topological polar surface area (TPSA) is 91.1 Å². The highest BCUT2D eigenvalue weighted by molar-refractivity contribution is 5.69. The largest absolute Gasteiger partial charge is 0.486 e. The molecular formula is C28H29F2N7O2. The van der Waals surface area contributed by atoms with Gasteiger partial charge in [0.1, 0.15) is 30.0 Å². The molecule has 0 saturated heterocycles. The molecule has 6 rings (SSSR count). The molecule has 3 aromatic heterocycles. The van der Waals surface area contributed by atoms with Crippen LogP contribution in [0.5, 0.6) is 11.6 Å². The van der Waals surface area contributed by atoms with E-state index in [0.717, 1.165) is 42.1 Å². The van der Waals surface area contributed by atoms with Crippen LogP contribution < -0.4 is 14.4 Å². The number of benzene rings is 1. The monoisotopic (exact) mass is 533 g/mol. The van der Waals surface area contributed by atoms with Gasteiger partial charge in [-0.2, -0.15) is 8.78 Å². The molecule has 0 N–H and O–H groups in total. The van der Waals surface area contributed by atoms with Crippen LogP contribution in [0.3, 0.4) is 0 Å². The van der Waals surface area contributed by atoms with Gasteiger partial charge in [0.25, 0.3) is 5.92 Å². The van der Waals surface area contributed by atoms with Crippen molar-refractivity contribution in [3.63, 3.8) is 0 Å². The standard InChI is InChI=1S/C28H29F2N7O2/c1-16-14-39-20-11-31-24(22-23(18-9-10-18)32-15-33-27(22)38-4)35-26(20)37(16)12-17-5-7-19(8-6-17)25-34-21(13-36(25)3)28(2,29)30/h5-8,11,13,15-16,18H,9-10,12,14H2,1-4H3. The highest BCUT2D eigenvalue weighted by Crippen LogP contribution is 2.45. The van der Waals surface area contributed by atoms with Gasteiger partial charge in [-0.15, -0.1) is 0 Å². The lowest BCUT2D eigenvalue weighted by Crippen LogP contribution is -2.41. The van der Waals surface area contributed by atoms with Crippen molar-refractivity contribution >= 4 is 5.82 Å². The van der Waals surface area contributed by atoms with Gasteiger partial charge in [-0.3, -0.25) is 0 Å². The summed E-state index contributed by atoms with van der Waals surface area (Å²) in [6, 6.07) is 7.83. The second-order valence-electron chi connectivity index (χ2n) is 10.2. The first-order valence-corrected chi connectivity index (χ1v) is 12.9. The van der Waals surface area contributed by atoms with Crippen molar-refractivity contribution in [2.75, 3.05) is 18.6 Å². The van der Waals surface area contributed by atoms with Crippen LogP contribution >= 0.6 is 0 Å². The van der Waals surface area contributed by atoms with Gasteiger partial charge < -0.3 is 18.9 Å². The second-order valence-corrected chi connectivity index (χ2v) is 10.2. The molecule has 4 heterocycles. The first kappa shape index (κ1) is 25.1. The van der Waals surface area contributed by atoms with Crippen LogP contribution in [0.4, 0.5) is 14.6 Å². The number of hydrogen-bond acceptors (Lipinski definition) is 8. The maximum Gasteiger partial charge on any atom is 0.288 e. The molecule has 1 fully saturated rings. The van der Waals surface area contributed by atoms with Crippen molar-refractivity contribution in [3.8, 4) is 34.4 Å². The Morgan fingerprint density at radius 2 is 1.87 bits per heavy atom. The lowest BCUT2D eigenvalue weighted by Gasteiger charge is -2.35. The average molecular weight is 534 g/mol. The fourth-order valence-corrected chi connectivity index (χ4v) is 4.85. The predicted molar refractivity (Wildman–Crippen MR) is 141 cm³/mol. The van der Waals surface area contributed by atoms with E-state index in [4.69, 9.17) is 14.5 Å². The van der Waals surface area contributed by atoms with Crippen LogP contribution in [0, 0.1) is 0 Å². The van der Waals surface area contributed by atoms with Crippen LogP contribution in [0.2, 0.25) is 0 Å². The highest BCUT2D eigenvalue weighted by Gasteiger charge is 2.33. The second kappa shape index (κ2) is 9.55. The Bertz CT molecular complexity index is 1510. The lowest BCUT2D eigenvalue weighted by atomic mass is 10.1. The van der Waals surface area contributed by atoms with Crippen molar-refractivity contribution in [1.29, 1.82) is 0 Å². The molecule has 11 heteroatoms. The Kier molecular flexibility index (Phi) is 6.16. The number of imidazole rings is 1. The molecule has 9 nitrogen and oxygen atoms in total. The van der Waals surface area contributed by atoms with Crippen molar-refractivity contribution in [2.24, 2.45) is 7.05 Å². The van der Waals surface area contributed by atoms with E-state index in [0.29, 0.717) is 48.2 Å². The van der Waals surface area contributed by atoms with Crippen molar-refractivity contribution in [2.45, 2.75) is 51.1 Å². The average Bonchev–Trinajstić information content (AvgIpc) is 3.70. The van der Waals surface area contributed by atoms with E-state index in [1.54, 1.807) is 24.9 Å². The number of alkyl halides is 2. The Balaban J connectivity index is 1.31. The van der Waals surface area contributed by atoms with E-state index in [1.807, 2.05) is 24.3 Å². The van der Waals surface area contributed by atoms with Gasteiger partial charge in [-0.25, -0.2) is 24.9 Å². The molecule has 4 aromatic rings. The Labute approximate surface area is 224 Å². The fraction of sp³-hybridized carbons (Fsp3) is 0.393. The van der Waals surface area contributed by atoms with Gasteiger partial charge >= 0.3 is 0 Å². The van der Waals surface area contributed by atoms with Crippen molar-refractivity contribution in [3.05, 3.63) is 59.9 Å². The zero-order valence-corrected chi connectivity index (χ0v) is 22.2. The molecule has 202 valence electrons. The number of hydrogen-bond donors (Lipinski definition) is 0. The molecule has 39 heavy (non-hydrogen) atoms. The number of aryl methyl sites for hydroxylation is 1. The highest BCUT2D eigenvalue weighted by atomic mass is 19.3. The maximum atomic E-state index is 13.8. The lowest BCUT2D eigenvalue weighted by molar-refractivity contribution is 0.0131. The number of anilines is 1. The van der Waals surface area contributed by atoms with Crippen LogP contribution in [-0.4, -0.2) is 49.2 Å². The summed E-state index contributed by atoms with van der Waals surface area (Å²) < 4.78 is 40.7. The molecule has 0 bridgehead atoms. The quantitative estimate of drug-likeness (QED) is 0.323. The zero-order chi connectivity index (χ0) is 27.3. The molecule has 1 unspecified atom stereocenters. The van der Waals surface area contributed by atoms with E-state index >= 15 is 0 Å². The number of ether oxygens (including phenoxy) is 2. The Hall–Kier alpha value is -4.15. The van der Waals surface area contributed by atoms with Gasteiger partial charge in [0, 0.05) is 38.2 Å². The molecule has 1 aliphatic carbocycles. The molecule has 1 aliphatic heterocycles. The van der Waals surface area contributed by atoms with Crippen LogP contribution in [0.25, 0.3) is 22.8 Å². The van der Waals surface area contributed by atoms with E-state index in [1.165, 1.54) is 12.5 Å². The normalized spacial score (nSPS) is 17.1. The van der Waals surface area contributed by atoms with Crippen LogP contribution in [0.15, 0.2) is 43.0 Å². The zero-order valence-electron chi connectivity index (χ0n) is 22.2. The number of rotatable bonds is 7. The summed E-state index contributed by atoms with van der Waals surface area (Å²) in [5, 5.41) is 0. The molecule has 1 atom stereocenters. The summed E-state index contributed by atoms with van der Waals surface area (Å²) in [4.78, 5) is 24.7. The van der Waals surface area contributed by atoms with Crippen molar-refractivity contribution in [1.82, 2.24) is 29.5 Å². The molecule has 0 spiro atoms. The number of fused-ring (bicyclic) bond motifs is 1. The summed E-state index contributed by atoms with van der Waals surface area (Å²) >= 11 is 0. The van der Waals surface area contributed by atoms with Crippen LogP contribution in [0.1, 0.15) is 49.6 Å². The summed E-state index contributed by atoms with van der Waals surface area (Å²) in [6.07, 6.45) is 6.73. The minimum atomic E-state index is -2.99. The van der Waals surface area contributed by atoms with Gasteiger partial charge in [0.05, 0.1) is 25.0 Å². The van der Waals surface area contributed by atoms with Crippen molar-refractivity contribution < 1.29 is 18.3 Å². The van der Waals surface area contributed by atoms with E-state index in [2.05, 4.69) is 31.8 Å². The summed E-state index contributed by atoms with van der Waals surface area (Å²) in [5.41, 5.74) is 3.18. The minimum Gasteiger partial charge on any atom is -0.486 e. The first-order valence-electron chi connectivity index (χ1n) is 12.9. The van der Waals surface area contributed by atoms with E-state index < -0.39 is 5.92 Å². The molecule has 2 aliphatic rings. The first-order chi connectivity index (χ1) is 18.7. The molecule has 1 saturated carbocycles. The SMILES string of the molecule is COc1ncnc(C2CC2)c1-c1ncc2c(n1)N(Cc1ccc(-c3nc(C(C)(F)F)cn3C)cc1)C(C)CO2. The number of nitrogens with zero attached hydrogens (tertiary/aromatic N) is 7. The fourth-order valence-electron chi connectivity index (χ4n) is 4.85. The number of methoxy groups -OCH3 is 1. The molecule has 0 amide bonds. The van der Waals surface area contributed by atoms with E-state index in [-0.39, 0.29) is 11.7 Å². The third kappa shape index (κ3) is 4.77. The molecular weight excluding hydrogens is 504 g/mol. The predicted octanol–water partition coefficient (Wildman–Crippen LogP) is 5.12. The maximum absolute atomic E-state index is 13.8. The summed E-state index contributed by atoms with van der Waals surface area (Å²) in [7, 11) is 3.30. The Morgan fingerprint density at radius 1 is 1.10 bits per heavy atom. The molecule has 1 aromatic carbocycles. The number of aromatic nitrogens is 6. The van der Waals surface area contributed by atoms with Gasteiger partial charge in [0.15, 0.2) is 17.4 Å².